The number of rotatable bonds is 3. The number of benzene rings is 1. The van der Waals surface area contributed by atoms with Gasteiger partial charge in [-0.05, 0) is 24.6 Å². The van der Waals surface area contributed by atoms with Crippen LogP contribution in [0.5, 0.6) is 0 Å². The molecule has 5 heteroatoms. The van der Waals surface area contributed by atoms with E-state index in [0.29, 0.717) is 22.1 Å². The maximum atomic E-state index is 13.7. The number of aryl methyl sites for hydroxylation is 1. The van der Waals surface area contributed by atoms with Crippen LogP contribution in [0.3, 0.4) is 0 Å². The number of imidazole rings is 1. The molecule has 2 N–H and O–H groups in total. The van der Waals surface area contributed by atoms with E-state index in [0.717, 1.165) is 13.0 Å². The van der Waals surface area contributed by atoms with Gasteiger partial charge < -0.3 is 10.3 Å². The third-order valence-corrected chi connectivity index (χ3v) is 2.76. The molecule has 0 amide bonds. The first-order valence-electron chi connectivity index (χ1n) is 5.39. The predicted octanol–water partition coefficient (Wildman–Crippen LogP) is 3.33. The number of nitrogens with two attached hydrogens (primary N) is 1. The number of halogens is 2. The Hall–Kier alpha value is -1.55. The van der Waals surface area contributed by atoms with Gasteiger partial charge in [0, 0.05) is 17.1 Å². The third-order valence-electron chi connectivity index (χ3n) is 2.53. The average Bonchev–Trinajstić information content (AvgIpc) is 2.62. The van der Waals surface area contributed by atoms with Crippen LogP contribution in [-0.2, 0) is 6.54 Å². The Morgan fingerprint density at radius 3 is 2.88 bits per heavy atom. The second kappa shape index (κ2) is 4.75. The zero-order chi connectivity index (χ0) is 12.4. The van der Waals surface area contributed by atoms with Gasteiger partial charge in [-0.2, -0.15) is 0 Å². The Morgan fingerprint density at radius 2 is 2.24 bits per heavy atom. The molecule has 1 aromatic heterocycles. The lowest BCUT2D eigenvalue weighted by Crippen LogP contribution is -2.01. The molecule has 1 aromatic carbocycles. The summed E-state index contributed by atoms with van der Waals surface area (Å²) in [5, 5.41) is 0.359. The minimum atomic E-state index is -0.411. The number of hydrogen-bond donors (Lipinski definition) is 1. The van der Waals surface area contributed by atoms with E-state index in [1.807, 2.05) is 11.5 Å². The molecule has 0 unspecified atom stereocenters. The fraction of sp³-hybridized carbons (Fsp3) is 0.250. The summed E-state index contributed by atoms with van der Waals surface area (Å²) in [4.78, 5) is 4.15. The van der Waals surface area contributed by atoms with Crippen LogP contribution in [0.15, 0.2) is 24.5 Å². The Bertz CT molecular complexity index is 537. The maximum Gasteiger partial charge on any atom is 0.134 e. The lowest BCUT2D eigenvalue weighted by atomic mass is 10.1. The van der Waals surface area contributed by atoms with E-state index in [-0.39, 0.29) is 0 Å². The molecule has 1 heterocycles. The van der Waals surface area contributed by atoms with Crippen molar-refractivity contribution < 1.29 is 4.39 Å². The molecule has 0 saturated heterocycles. The van der Waals surface area contributed by atoms with E-state index >= 15 is 0 Å². The first-order chi connectivity index (χ1) is 8.13. The van der Waals surface area contributed by atoms with E-state index < -0.39 is 5.82 Å². The number of aromatic nitrogens is 2. The summed E-state index contributed by atoms with van der Waals surface area (Å²) in [6.07, 6.45) is 2.57. The summed E-state index contributed by atoms with van der Waals surface area (Å²) in [5.41, 5.74) is 6.77. The summed E-state index contributed by atoms with van der Waals surface area (Å²) in [6, 6.07) is 4.47. The highest BCUT2D eigenvalue weighted by atomic mass is 35.5. The van der Waals surface area contributed by atoms with Gasteiger partial charge in [-0.1, -0.05) is 18.5 Å². The lowest BCUT2D eigenvalue weighted by molar-refractivity contribution is 0.631. The first kappa shape index (κ1) is 11.9. The van der Waals surface area contributed by atoms with E-state index in [1.54, 1.807) is 18.5 Å². The summed E-state index contributed by atoms with van der Waals surface area (Å²) in [7, 11) is 0. The summed E-state index contributed by atoms with van der Waals surface area (Å²) in [5.74, 6) is 0.0685. The number of nitrogen functional groups attached to an aromatic ring is 1. The van der Waals surface area contributed by atoms with Gasteiger partial charge in [0.05, 0.1) is 6.33 Å². The van der Waals surface area contributed by atoms with Crippen LogP contribution >= 0.6 is 11.6 Å². The van der Waals surface area contributed by atoms with Gasteiger partial charge >= 0.3 is 0 Å². The van der Waals surface area contributed by atoms with Gasteiger partial charge in [-0.3, -0.25) is 0 Å². The quantitative estimate of drug-likeness (QED) is 0.912. The monoisotopic (exact) mass is 253 g/mol. The van der Waals surface area contributed by atoms with E-state index in [4.69, 9.17) is 17.3 Å². The molecule has 2 aromatic rings. The standard InChI is InChI=1S/C12H13ClFN3/c1-2-5-17-7-16-11(12(17)15)9-4-3-8(13)6-10(9)14/h3-4,6-7H,2,5,15H2,1H3. The van der Waals surface area contributed by atoms with Gasteiger partial charge in [0.25, 0.3) is 0 Å². The molecule has 0 saturated carbocycles. The molecular formula is C12H13ClFN3. The maximum absolute atomic E-state index is 13.7. The third kappa shape index (κ3) is 2.26. The van der Waals surface area contributed by atoms with Gasteiger partial charge in [-0.25, -0.2) is 9.37 Å². The molecule has 0 aliphatic heterocycles. The Labute approximate surface area is 104 Å². The fourth-order valence-electron chi connectivity index (χ4n) is 1.70. The predicted molar refractivity (Wildman–Crippen MR) is 67.3 cm³/mol. The van der Waals surface area contributed by atoms with Crippen molar-refractivity contribution in [1.29, 1.82) is 0 Å². The molecule has 2 rings (SSSR count). The molecule has 0 fully saturated rings. The molecule has 17 heavy (non-hydrogen) atoms. The Balaban J connectivity index is 2.46. The number of anilines is 1. The van der Waals surface area contributed by atoms with Crippen molar-refractivity contribution in [2.75, 3.05) is 5.73 Å². The lowest BCUT2D eigenvalue weighted by Gasteiger charge is -2.04. The average molecular weight is 254 g/mol. The highest BCUT2D eigenvalue weighted by molar-refractivity contribution is 6.30. The van der Waals surface area contributed by atoms with Crippen molar-refractivity contribution in [3.63, 3.8) is 0 Å². The molecule has 90 valence electrons. The second-order valence-electron chi connectivity index (χ2n) is 3.80. The zero-order valence-electron chi connectivity index (χ0n) is 9.45. The van der Waals surface area contributed by atoms with Crippen molar-refractivity contribution in [3.8, 4) is 11.3 Å². The van der Waals surface area contributed by atoms with Gasteiger partial charge in [0.1, 0.15) is 17.3 Å². The Morgan fingerprint density at radius 1 is 1.47 bits per heavy atom. The first-order valence-corrected chi connectivity index (χ1v) is 5.77. The highest BCUT2D eigenvalue weighted by Gasteiger charge is 2.13. The molecule has 0 aliphatic carbocycles. The van der Waals surface area contributed by atoms with Crippen molar-refractivity contribution in [2.45, 2.75) is 19.9 Å². The zero-order valence-corrected chi connectivity index (χ0v) is 10.2. The van der Waals surface area contributed by atoms with Crippen molar-refractivity contribution in [1.82, 2.24) is 9.55 Å². The smallest absolute Gasteiger partial charge is 0.134 e. The van der Waals surface area contributed by atoms with Crippen LogP contribution in [0.4, 0.5) is 10.2 Å². The van der Waals surface area contributed by atoms with Gasteiger partial charge in [0.15, 0.2) is 0 Å². The van der Waals surface area contributed by atoms with Crippen LogP contribution < -0.4 is 5.73 Å². The largest absolute Gasteiger partial charge is 0.383 e. The van der Waals surface area contributed by atoms with Gasteiger partial charge in [0.2, 0.25) is 0 Å². The topological polar surface area (TPSA) is 43.8 Å². The van der Waals surface area contributed by atoms with Crippen LogP contribution in [0.25, 0.3) is 11.3 Å². The SMILES string of the molecule is CCCn1cnc(-c2ccc(Cl)cc2F)c1N. The van der Waals surface area contributed by atoms with Crippen LogP contribution in [-0.4, -0.2) is 9.55 Å². The highest BCUT2D eigenvalue weighted by Crippen LogP contribution is 2.28. The molecular weight excluding hydrogens is 241 g/mol. The molecule has 3 nitrogen and oxygen atoms in total. The molecule has 0 aliphatic rings. The fourth-order valence-corrected chi connectivity index (χ4v) is 1.86. The molecule has 0 atom stereocenters. The van der Waals surface area contributed by atoms with E-state index in [9.17, 15) is 4.39 Å². The molecule has 0 bridgehead atoms. The molecule has 0 spiro atoms. The molecule has 0 radical (unpaired) electrons. The number of nitrogens with zero attached hydrogens (tertiary/aromatic N) is 2. The summed E-state index contributed by atoms with van der Waals surface area (Å²) in [6.45, 7) is 2.82. The normalized spacial score (nSPS) is 10.8. The van der Waals surface area contributed by atoms with Crippen molar-refractivity contribution in [2.24, 2.45) is 0 Å². The van der Waals surface area contributed by atoms with Crippen LogP contribution in [0.2, 0.25) is 5.02 Å². The van der Waals surface area contributed by atoms with E-state index in [2.05, 4.69) is 4.98 Å². The summed E-state index contributed by atoms with van der Waals surface area (Å²) >= 11 is 5.70. The summed E-state index contributed by atoms with van der Waals surface area (Å²) < 4.78 is 15.5. The van der Waals surface area contributed by atoms with Crippen molar-refractivity contribution in [3.05, 3.63) is 35.4 Å². The minimum Gasteiger partial charge on any atom is -0.383 e. The van der Waals surface area contributed by atoms with Crippen LogP contribution in [0.1, 0.15) is 13.3 Å². The minimum absolute atomic E-state index is 0.359. The van der Waals surface area contributed by atoms with Crippen LogP contribution in [0, 0.1) is 5.82 Å². The van der Waals surface area contributed by atoms with Crippen molar-refractivity contribution >= 4 is 17.4 Å². The second-order valence-corrected chi connectivity index (χ2v) is 4.23. The van der Waals surface area contributed by atoms with E-state index in [1.165, 1.54) is 6.07 Å². The number of hydrogen-bond acceptors (Lipinski definition) is 2. The Kier molecular flexibility index (Phi) is 3.33. The van der Waals surface area contributed by atoms with Gasteiger partial charge in [-0.15, -0.1) is 0 Å².